The Morgan fingerprint density at radius 2 is 1.90 bits per heavy atom. The first-order valence-electron chi connectivity index (χ1n) is 10.4. The minimum atomic E-state index is -3.20. The quantitative estimate of drug-likeness (QED) is 0.395. The number of hydrogen-bond acceptors (Lipinski definition) is 9. The normalized spacial score (nSPS) is 29.1. The van der Waals surface area contributed by atoms with Crippen LogP contribution in [0.15, 0.2) is 22.0 Å². The lowest BCUT2D eigenvalue weighted by Crippen LogP contribution is -2.72. The summed E-state index contributed by atoms with van der Waals surface area (Å²) in [7, 11) is -1.44. The third-order valence-electron chi connectivity index (χ3n) is 6.07. The van der Waals surface area contributed by atoms with Crippen LogP contribution in [-0.2, 0) is 14.8 Å². The average Bonchev–Trinajstić information content (AvgIpc) is 3.21. The third kappa shape index (κ3) is 4.22. The number of rotatable bonds is 5. The van der Waals surface area contributed by atoms with Gasteiger partial charge in [0.25, 0.3) is 5.91 Å². The van der Waals surface area contributed by atoms with Crippen molar-refractivity contribution < 1.29 is 13.2 Å². The molecule has 5 N–H and O–H groups in total. The van der Waals surface area contributed by atoms with Crippen LogP contribution in [0, 0.1) is 0 Å². The second-order valence-electron chi connectivity index (χ2n) is 8.31. The summed E-state index contributed by atoms with van der Waals surface area (Å²) >= 11 is 0. The van der Waals surface area contributed by atoms with Crippen molar-refractivity contribution in [2.75, 3.05) is 26.4 Å². The van der Waals surface area contributed by atoms with Crippen molar-refractivity contribution in [1.82, 2.24) is 25.2 Å². The van der Waals surface area contributed by atoms with Gasteiger partial charge in [-0.3, -0.25) is 15.8 Å². The molecule has 0 spiro atoms. The van der Waals surface area contributed by atoms with Gasteiger partial charge in [-0.05, 0) is 25.7 Å². The molecule has 4 rings (SSSR count). The number of carbonyl (C=O) groups is 1. The van der Waals surface area contributed by atoms with Crippen molar-refractivity contribution in [3.63, 3.8) is 0 Å². The summed E-state index contributed by atoms with van der Waals surface area (Å²) in [6, 6.07) is 0.189. The van der Waals surface area contributed by atoms with Gasteiger partial charge in [0, 0.05) is 38.4 Å². The third-order valence-corrected chi connectivity index (χ3v) is 7.38. The number of sulfonamides is 1. The number of piperidine rings is 1. The molecule has 11 nitrogen and oxygen atoms in total. The molecule has 12 heteroatoms. The molecule has 1 atom stereocenters. The summed E-state index contributed by atoms with van der Waals surface area (Å²) in [5.74, 6) is -0.761. The zero-order chi connectivity index (χ0) is 21.5. The number of carbonyl (C=O) groups excluding carboxylic acids is 1. The van der Waals surface area contributed by atoms with E-state index < -0.39 is 15.9 Å². The lowest BCUT2D eigenvalue weighted by molar-refractivity contribution is -0.117. The highest BCUT2D eigenvalue weighted by atomic mass is 32.2. The second-order valence-corrected chi connectivity index (χ2v) is 10.3. The molecule has 1 amide bonds. The first kappa shape index (κ1) is 21.2. The lowest BCUT2D eigenvalue weighted by atomic mass is 10.1. The molecule has 0 bridgehead atoms. The minimum absolute atomic E-state index is 0.0666. The number of hydrogen-bond donors (Lipinski definition) is 4. The Hall–Kier alpha value is -2.02. The van der Waals surface area contributed by atoms with Crippen molar-refractivity contribution in [3.8, 4) is 0 Å². The molecule has 1 saturated heterocycles. The van der Waals surface area contributed by atoms with Crippen LogP contribution in [0.3, 0.4) is 0 Å². The number of aliphatic imine (C=N–C) groups is 2. The van der Waals surface area contributed by atoms with Gasteiger partial charge in [-0.25, -0.2) is 22.7 Å². The van der Waals surface area contributed by atoms with Crippen molar-refractivity contribution >= 4 is 27.5 Å². The van der Waals surface area contributed by atoms with E-state index in [0.29, 0.717) is 37.6 Å². The summed E-state index contributed by atoms with van der Waals surface area (Å²) < 4.78 is 24.9. The predicted molar refractivity (Wildman–Crippen MR) is 114 cm³/mol. The molecule has 1 saturated carbocycles. The Bertz CT molecular complexity index is 900. The molecule has 0 radical (unpaired) electrons. The molecular weight excluding hydrogens is 408 g/mol. The molecule has 4 aliphatic rings. The molecule has 0 aromatic rings. The molecule has 0 aromatic heterocycles. The molecule has 1 unspecified atom stereocenters. The van der Waals surface area contributed by atoms with Gasteiger partial charge in [-0.1, -0.05) is 12.8 Å². The Labute approximate surface area is 176 Å². The Balaban J connectivity index is 1.55. The fraction of sp³-hybridized carbons (Fsp3) is 0.722. The van der Waals surface area contributed by atoms with Crippen molar-refractivity contribution in [3.05, 3.63) is 12.0 Å². The Morgan fingerprint density at radius 1 is 1.23 bits per heavy atom. The molecule has 30 heavy (non-hydrogen) atoms. The highest BCUT2D eigenvalue weighted by Gasteiger charge is 2.43. The SMILES string of the molecule is CNC1=CN(C2CCCC2)C2=NC(N)(NC3CCN(S(C)(=O)=O)CC3)NC(=O)C2=N1. The molecule has 1 aliphatic carbocycles. The molecule has 166 valence electrons. The largest absolute Gasteiger partial charge is 0.372 e. The van der Waals surface area contributed by atoms with E-state index in [1.165, 1.54) is 10.6 Å². The Morgan fingerprint density at radius 3 is 2.50 bits per heavy atom. The number of nitrogens with one attached hydrogen (secondary N) is 3. The van der Waals surface area contributed by atoms with Crippen molar-refractivity contribution in [2.45, 2.75) is 56.5 Å². The predicted octanol–water partition coefficient (Wildman–Crippen LogP) is -1.18. The Kier molecular flexibility index (Phi) is 5.60. The van der Waals surface area contributed by atoms with Gasteiger partial charge >= 0.3 is 0 Å². The van der Waals surface area contributed by atoms with E-state index in [1.54, 1.807) is 7.05 Å². The van der Waals surface area contributed by atoms with Gasteiger partial charge in [-0.15, -0.1) is 0 Å². The standard InChI is InChI=1S/C18H30N8O3S/c1-20-14-11-26(13-5-3-4-6-13)16-15(21-14)17(27)24-18(19,23-16)22-12-7-9-25(10-8-12)30(2,28)29/h11-13,20,22H,3-10,19H2,1-2H3,(H,24,27). The molecule has 2 fully saturated rings. The zero-order valence-electron chi connectivity index (χ0n) is 17.4. The summed E-state index contributed by atoms with van der Waals surface area (Å²) in [4.78, 5) is 24.0. The van der Waals surface area contributed by atoms with Gasteiger partial charge < -0.3 is 15.5 Å². The highest BCUT2D eigenvalue weighted by molar-refractivity contribution is 7.88. The maximum Gasteiger partial charge on any atom is 0.277 e. The van der Waals surface area contributed by atoms with Gasteiger partial charge in [0.1, 0.15) is 5.82 Å². The first-order chi connectivity index (χ1) is 14.2. The topological polar surface area (TPSA) is 145 Å². The van der Waals surface area contributed by atoms with Gasteiger partial charge in [0.15, 0.2) is 11.5 Å². The summed E-state index contributed by atoms with van der Waals surface area (Å²) in [6.45, 7) is 0.818. The van der Waals surface area contributed by atoms with Crippen molar-refractivity contribution in [2.24, 2.45) is 15.7 Å². The van der Waals surface area contributed by atoms with E-state index in [4.69, 9.17) is 5.73 Å². The maximum absolute atomic E-state index is 12.9. The van der Waals surface area contributed by atoms with Crippen molar-refractivity contribution in [1.29, 1.82) is 0 Å². The number of fused-ring (bicyclic) bond motifs is 1. The van der Waals surface area contributed by atoms with E-state index in [0.717, 1.165) is 25.7 Å². The van der Waals surface area contributed by atoms with Crippen LogP contribution in [0.1, 0.15) is 38.5 Å². The first-order valence-corrected chi connectivity index (χ1v) is 12.2. The van der Waals surface area contributed by atoms with E-state index >= 15 is 0 Å². The molecule has 3 aliphatic heterocycles. The van der Waals surface area contributed by atoms with Crippen LogP contribution in [-0.4, -0.2) is 79.5 Å². The number of nitrogens with zero attached hydrogens (tertiary/aromatic N) is 4. The number of amidine groups is 1. The van der Waals surface area contributed by atoms with Gasteiger partial charge in [-0.2, -0.15) is 0 Å². The maximum atomic E-state index is 12.9. The minimum Gasteiger partial charge on any atom is -0.372 e. The lowest BCUT2D eigenvalue weighted by Gasteiger charge is -2.41. The van der Waals surface area contributed by atoms with E-state index in [2.05, 4.69) is 25.9 Å². The second kappa shape index (κ2) is 7.91. The van der Waals surface area contributed by atoms with Crippen LogP contribution in [0.4, 0.5) is 0 Å². The fourth-order valence-corrected chi connectivity index (χ4v) is 5.37. The highest BCUT2D eigenvalue weighted by Crippen LogP contribution is 2.28. The van der Waals surface area contributed by atoms with E-state index in [1.807, 2.05) is 11.1 Å². The van der Waals surface area contributed by atoms with Crippen LogP contribution in [0.5, 0.6) is 0 Å². The van der Waals surface area contributed by atoms with Crippen LogP contribution < -0.4 is 21.7 Å². The van der Waals surface area contributed by atoms with Crippen LogP contribution in [0.2, 0.25) is 0 Å². The number of nitrogens with two attached hydrogens (primary N) is 1. The number of amides is 1. The zero-order valence-corrected chi connectivity index (χ0v) is 18.2. The monoisotopic (exact) mass is 438 g/mol. The van der Waals surface area contributed by atoms with Gasteiger partial charge in [0.05, 0.1) is 6.26 Å². The van der Waals surface area contributed by atoms with Crippen LogP contribution in [0.25, 0.3) is 0 Å². The summed E-state index contributed by atoms with van der Waals surface area (Å²) in [6.07, 6.45) is 8.61. The van der Waals surface area contributed by atoms with Gasteiger partial charge in [0.2, 0.25) is 15.9 Å². The summed E-state index contributed by atoms with van der Waals surface area (Å²) in [5, 5.41) is 8.97. The van der Waals surface area contributed by atoms with Crippen LogP contribution >= 0.6 is 0 Å². The molecular formula is C18H30N8O3S. The van der Waals surface area contributed by atoms with E-state index in [9.17, 15) is 13.2 Å². The van der Waals surface area contributed by atoms with E-state index in [-0.39, 0.29) is 23.7 Å². The smallest absolute Gasteiger partial charge is 0.277 e. The summed E-state index contributed by atoms with van der Waals surface area (Å²) in [5.41, 5.74) is 6.71. The molecule has 3 heterocycles. The fourth-order valence-electron chi connectivity index (χ4n) is 4.50. The average molecular weight is 439 g/mol. The molecule has 0 aromatic carbocycles.